The molecular formula is C13H22. The van der Waals surface area contributed by atoms with E-state index < -0.39 is 0 Å². The monoisotopic (exact) mass is 178 g/mol. The Hall–Kier alpha value is -0.780. The SMILES string of the molecule is C=C(C)C(C)=C(C)C(C)(C)C=CC. The lowest BCUT2D eigenvalue weighted by Gasteiger charge is -2.24. The maximum Gasteiger partial charge on any atom is 0.00371 e. The highest BCUT2D eigenvalue weighted by atomic mass is 14.2. The van der Waals surface area contributed by atoms with E-state index in [4.69, 9.17) is 0 Å². The molecule has 0 aromatic heterocycles. The van der Waals surface area contributed by atoms with Crippen LogP contribution >= 0.6 is 0 Å². The van der Waals surface area contributed by atoms with Crippen LogP contribution < -0.4 is 0 Å². The average Bonchev–Trinajstić information content (AvgIpc) is 2.01. The zero-order valence-corrected chi connectivity index (χ0v) is 9.86. The molecule has 0 saturated carbocycles. The summed E-state index contributed by atoms with van der Waals surface area (Å²) in [6.45, 7) is 16.9. The van der Waals surface area contributed by atoms with Gasteiger partial charge in [0.15, 0.2) is 0 Å². The Bertz CT molecular complexity index is 249. The molecule has 0 nitrogen and oxygen atoms in total. The van der Waals surface area contributed by atoms with Gasteiger partial charge in [0, 0.05) is 5.41 Å². The molecule has 0 heteroatoms. The third-order valence-electron chi connectivity index (χ3n) is 2.75. The van der Waals surface area contributed by atoms with Crippen molar-refractivity contribution in [1.82, 2.24) is 0 Å². The second kappa shape index (κ2) is 4.45. The van der Waals surface area contributed by atoms with Crippen molar-refractivity contribution in [2.24, 2.45) is 5.41 Å². The van der Waals surface area contributed by atoms with Crippen molar-refractivity contribution >= 4 is 0 Å². The molecule has 0 bridgehead atoms. The van der Waals surface area contributed by atoms with Gasteiger partial charge in [-0.15, -0.1) is 0 Å². The van der Waals surface area contributed by atoms with E-state index in [1.165, 1.54) is 11.1 Å². The maximum absolute atomic E-state index is 3.97. The Kier molecular flexibility index (Phi) is 4.19. The minimum absolute atomic E-state index is 0.151. The molecule has 0 saturated heterocycles. The zero-order chi connectivity index (χ0) is 10.6. The van der Waals surface area contributed by atoms with Gasteiger partial charge in [-0.3, -0.25) is 0 Å². The fraction of sp³-hybridized carbons (Fsp3) is 0.538. The minimum atomic E-state index is 0.151. The first kappa shape index (κ1) is 12.2. The van der Waals surface area contributed by atoms with Gasteiger partial charge in [-0.25, -0.2) is 0 Å². The molecule has 13 heavy (non-hydrogen) atoms. The highest BCUT2D eigenvalue weighted by molar-refractivity contribution is 5.34. The van der Waals surface area contributed by atoms with E-state index in [0.29, 0.717) is 0 Å². The largest absolute Gasteiger partial charge is 0.0958 e. The summed E-state index contributed by atoms with van der Waals surface area (Å²) in [7, 11) is 0. The van der Waals surface area contributed by atoms with Crippen LogP contribution in [0.3, 0.4) is 0 Å². The first-order chi connectivity index (χ1) is 5.83. The standard InChI is InChI=1S/C13H22/c1-8-9-13(6,7)12(5)11(4)10(2)3/h8-9H,2H2,1,3-7H3. The van der Waals surface area contributed by atoms with E-state index in [-0.39, 0.29) is 5.41 Å². The quantitative estimate of drug-likeness (QED) is 0.441. The summed E-state index contributed by atoms with van der Waals surface area (Å²) in [6.07, 6.45) is 4.34. The molecule has 0 unspecified atom stereocenters. The van der Waals surface area contributed by atoms with Crippen molar-refractivity contribution in [3.8, 4) is 0 Å². The van der Waals surface area contributed by atoms with Gasteiger partial charge in [-0.1, -0.05) is 43.7 Å². The van der Waals surface area contributed by atoms with Crippen LogP contribution in [0.5, 0.6) is 0 Å². The molecule has 0 rings (SSSR count). The second-order valence-corrected chi connectivity index (χ2v) is 4.25. The van der Waals surface area contributed by atoms with Crippen molar-refractivity contribution in [2.75, 3.05) is 0 Å². The molecule has 0 aliphatic rings. The smallest absolute Gasteiger partial charge is 0.00371 e. The van der Waals surface area contributed by atoms with Gasteiger partial charge >= 0.3 is 0 Å². The summed E-state index contributed by atoms with van der Waals surface area (Å²) in [5, 5.41) is 0. The zero-order valence-electron chi connectivity index (χ0n) is 9.86. The summed E-state index contributed by atoms with van der Waals surface area (Å²) in [5.74, 6) is 0. The number of hydrogen-bond acceptors (Lipinski definition) is 0. The van der Waals surface area contributed by atoms with Gasteiger partial charge in [-0.2, -0.15) is 0 Å². The van der Waals surface area contributed by atoms with E-state index in [1.807, 2.05) is 0 Å². The molecule has 0 aliphatic carbocycles. The van der Waals surface area contributed by atoms with Crippen LogP contribution in [0.15, 0.2) is 35.5 Å². The Morgan fingerprint density at radius 2 is 1.62 bits per heavy atom. The molecule has 74 valence electrons. The number of rotatable bonds is 3. The highest BCUT2D eigenvalue weighted by Crippen LogP contribution is 2.31. The Morgan fingerprint density at radius 3 is 1.92 bits per heavy atom. The number of hydrogen-bond donors (Lipinski definition) is 0. The van der Waals surface area contributed by atoms with Gasteiger partial charge < -0.3 is 0 Å². The molecule has 0 fully saturated rings. The Morgan fingerprint density at radius 1 is 1.15 bits per heavy atom. The predicted molar refractivity (Wildman–Crippen MR) is 61.8 cm³/mol. The summed E-state index contributed by atoms with van der Waals surface area (Å²) in [5.41, 5.74) is 4.04. The molecule has 0 heterocycles. The van der Waals surface area contributed by atoms with Gasteiger partial charge in [0.1, 0.15) is 0 Å². The molecule has 0 atom stereocenters. The van der Waals surface area contributed by atoms with Crippen LogP contribution in [0.2, 0.25) is 0 Å². The lowest BCUT2D eigenvalue weighted by molar-refractivity contribution is 0.573. The molecule has 0 aliphatic heterocycles. The molecule has 0 N–H and O–H groups in total. The Balaban J connectivity index is 5.07. The van der Waals surface area contributed by atoms with Crippen molar-refractivity contribution in [2.45, 2.75) is 41.5 Å². The maximum atomic E-state index is 3.97. The highest BCUT2D eigenvalue weighted by Gasteiger charge is 2.17. The first-order valence-corrected chi connectivity index (χ1v) is 4.80. The van der Waals surface area contributed by atoms with Crippen LogP contribution in [0.25, 0.3) is 0 Å². The number of allylic oxidation sites excluding steroid dienone is 5. The van der Waals surface area contributed by atoms with Gasteiger partial charge in [0.05, 0.1) is 0 Å². The molecule has 0 aromatic rings. The topological polar surface area (TPSA) is 0 Å². The first-order valence-electron chi connectivity index (χ1n) is 4.80. The summed E-state index contributed by atoms with van der Waals surface area (Å²) >= 11 is 0. The summed E-state index contributed by atoms with van der Waals surface area (Å²) in [6, 6.07) is 0. The van der Waals surface area contributed by atoms with Crippen molar-refractivity contribution in [3.05, 3.63) is 35.5 Å². The third-order valence-corrected chi connectivity index (χ3v) is 2.75. The summed E-state index contributed by atoms with van der Waals surface area (Å²) < 4.78 is 0. The third kappa shape index (κ3) is 3.22. The molecular weight excluding hydrogens is 156 g/mol. The van der Waals surface area contributed by atoms with Crippen LogP contribution in [0, 0.1) is 5.41 Å². The van der Waals surface area contributed by atoms with Gasteiger partial charge in [0.2, 0.25) is 0 Å². The van der Waals surface area contributed by atoms with Crippen LogP contribution in [0.1, 0.15) is 41.5 Å². The molecule has 0 aromatic carbocycles. The molecule has 0 radical (unpaired) electrons. The van der Waals surface area contributed by atoms with Crippen LogP contribution in [-0.4, -0.2) is 0 Å². The van der Waals surface area contributed by atoms with Crippen molar-refractivity contribution in [1.29, 1.82) is 0 Å². The van der Waals surface area contributed by atoms with Crippen LogP contribution in [-0.2, 0) is 0 Å². The lowest BCUT2D eigenvalue weighted by Crippen LogP contribution is -2.11. The lowest BCUT2D eigenvalue weighted by atomic mass is 9.81. The van der Waals surface area contributed by atoms with Gasteiger partial charge in [0.25, 0.3) is 0 Å². The van der Waals surface area contributed by atoms with E-state index >= 15 is 0 Å². The average molecular weight is 178 g/mol. The molecule has 0 amide bonds. The fourth-order valence-electron chi connectivity index (χ4n) is 1.35. The van der Waals surface area contributed by atoms with E-state index in [1.54, 1.807) is 0 Å². The minimum Gasteiger partial charge on any atom is -0.0958 e. The predicted octanol–water partition coefficient (Wildman–Crippen LogP) is 4.50. The van der Waals surface area contributed by atoms with E-state index in [2.05, 4.69) is 60.3 Å². The second-order valence-electron chi connectivity index (χ2n) is 4.25. The normalized spacial score (nSPS) is 14.6. The van der Waals surface area contributed by atoms with Crippen LogP contribution in [0.4, 0.5) is 0 Å². The summed E-state index contributed by atoms with van der Waals surface area (Å²) in [4.78, 5) is 0. The fourth-order valence-corrected chi connectivity index (χ4v) is 1.35. The molecule has 0 spiro atoms. The Labute approximate surface area is 83.0 Å². The van der Waals surface area contributed by atoms with E-state index in [0.717, 1.165) is 5.57 Å². The van der Waals surface area contributed by atoms with Crippen molar-refractivity contribution in [3.63, 3.8) is 0 Å². The van der Waals surface area contributed by atoms with E-state index in [9.17, 15) is 0 Å². The van der Waals surface area contributed by atoms with Crippen molar-refractivity contribution < 1.29 is 0 Å². The van der Waals surface area contributed by atoms with Gasteiger partial charge in [-0.05, 0) is 33.3 Å².